The molecule has 0 amide bonds. The lowest BCUT2D eigenvalue weighted by Crippen LogP contribution is -2.45. The number of hydrogen-bond donors (Lipinski definition) is 0. The summed E-state index contributed by atoms with van der Waals surface area (Å²) in [4.78, 5) is 38.3. The molecular formula is C17H16N2O6S. The minimum atomic E-state index is -3.46. The molecule has 1 aromatic carbocycles. The number of hydrogen-bond acceptors (Lipinski definition) is 8. The van der Waals surface area contributed by atoms with Crippen molar-refractivity contribution in [3.63, 3.8) is 0 Å². The zero-order valence-electron chi connectivity index (χ0n) is 14.2. The van der Waals surface area contributed by atoms with Crippen LogP contribution in [0.5, 0.6) is 0 Å². The third kappa shape index (κ3) is 2.13. The van der Waals surface area contributed by atoms with E-state index in [0.717, 1.165) is 0 Å². The van der Waals surface area contributed by atoms with E-state index in [4.69, 9.17) is 4.74 Å². The summed E-state index contributed by atoms with van der Waals surface area (Å²) in [6.07, 6.45) is 0.191. The SMILES string of the molecule is CCOC(=O)[C@H]1N=N[C@H]2C(=O)c3c(cc(C)c4c3CCS4(=O)=O)C(=O)[C@@H]12. The second-order valence-electron chi connectivity index (χ2n) is 6.62. The van der Waals surface area contributed by atoms with Crippen molar-refractivity contribution < 1.29 is 27.5 Å². The minimum absolute atomic E-state index is 0.0812. The van der Waals surface area contributed by atoms with Gasteiger partial charge in [-0.25, -0.2) is 13.2 Å². The van der Waals surface area contributed by atoms with Crippen LogP contribution in [-0.2, 0) is 25.8 Å². The molecule has 0 fully saturated rings. The quantitative estimate of drug-likeness (QED) is 0.713. The molecule has 0 saturated heterocycles. The third-order valence-corrected chi connectivity index (χ3v) is 7.04. The first kappa shape index (κ1) is 17.0. The predicted octanol–water partition coefficient (Wildman–Crippen LogP) is 1.09. The largest absolute Gasteiger partial charge is 0.464 e. The van der Waals surface area contributed by atoms with Crippen LogP contribution in [0.4, 0.5) is 0 Å². The highest BCUT2D eigenvalue weighted by molar-refractivity contribution is 7.91. The second kappa shape index (κ2) is 5.54. The molecule has 0 radical (unpaired) electrons. The van der Waals surface area contributed by atoms with Crippen LogP contribution < -0.4 is 0 Å². The standard InChI is InChI=1S/C17H16N2O6S/c1-3-25-17(22)13-11-12(18-19-13)15(21)10-8-4-5-26(23,24)16(8)7(2)6-9(10)14(11)20/h6,11-13H,3-5H2,1-2H3/t11-,12-,13+/m1/s1. The number of nitrogens with zero attached hydrogens (tertiary/aromatic N) is 2. The minimum Gasteiger partial charge on any atom is -0.464 e. The highest BCUT2D eigenvalue weighted by atomic mass is 32.2. The molecule has 8 nitrogen and oxygen atoms in total. The second-order valence-corrected chi connectivity index (χ2v) is 8.67. The van der Waals surface area contributed by atoms with Crippen LogP contribution in [0.2, 0.25) is 0 Å². The predicted molar refractivity (Wildman–Crippen MR) is 88.2 cm³/mol. The summed E-state index contributed by atoms with van der Waals surface area (Å²) in [6.45, 7) is 3.38. The summed E-state index contributed by atoms with van der Waals surface area (Å²) in [5, 5.41) is 7.68. The van der Waals surface area contributed by atoms with E-state index in [-0.39, 0.29) is 34.8 Å². The van der Waals surface area contributed by atoms with Crippen LogP contribution in [0.1, 0.15) is 38.8 Å². The van der Waals surface area contributed by atoms with Gasteiger partial charge in [-0.2, -0.15) is 10.2 Å². The van der Waals surface area contributed by atoms with Gasteiger partial charge in [-0.15, -0.1) is 0 Å². The summed E-state index contributed by atoms with van der Waals surface area (Å²) in [7, 11) is -3.46. The topological polar surface area (TPSA) is 119 Å². The van der Waals surface area contributed by atoms with E-state index in [9.17, 15) is 22.8 Å². The van der Waals surface area contributed by atoms with Crippen molar-refractivity contribution in [1.82, 2.24) is 0 Å². The molecule has 0 bridgehead atoms. The molecule has 26 heavy (non-hydrogen) atoms. The molecule has 0 aromatic heterocycles. The van der Waals surface area contributed by atoms with Gasteiger partial charge >= 0.3 is 5.97 Å². The van der Waals surface area contributed by atoms with E-state index < -0.39 is 45.4 Å². The molecule has 3 atom stereocenters. The molecule has 0 saturated carbocycles. The van der Waals surface area contributed by atoms with Crippen molar-refractivity contribution in [2.45, 2.75) is 37.2 Å². The van der Waals surface area contributed by atoms with Gasteiger partial charge < -0.3 is 4.74 Å². The fourth-order valence-corrected chi connectivity index (χ4v) is 5.87. The first-order chi connectivity index (χ1) is 12.3. The molecule has 1 aromatic rings. The molecule has 0 unspecified atom stereocenters. The Labute approximate surface area is 149 Å². The van der Waals surface area contributed by atoms with Crippen molar-refractivity contribution in [2.75, 3.05) is 12.4 Å². The summed E-state index contributed by atoms with van der Waals surface area (Å²) in [6, 6.07) is -0.796. The van der Waals surface area contributed by atoms with Crippen LogP contribution in [0, 0.1) is 12.8 Å². The Morgan fingerprint density at radius 1 is 1.27 bits per heavy atom. The Hall–Kier alpha value is -2.42. The Morgan fingerprint density at radius 3 is 2.69 bits per heavy atom. The number of Topliss-reactive ketones (excluding diaryl/α,β-unsaturated/α-hetero) is 2. The summed E-state index contributed by atoms with van der Waals surface area (Å²) in [5.41, 5.74) is 1.12. The number of ether oxygens (including phenoxy) is 1. The highest BCUT2D eigenvalue weighted by Crippen LogP contribution is 2.42. The Bertz CT molecular complexity index is 1010. The Morgan fingerprint density at radius 2 is 2.00 bits per heavy atom. The molecule has 0 spiro atoms. The van der Waals surface area contributed by atoms with Crippen molar-refractivity contribution in [1.29, 1.82) is 0 Å². The van der Waals surface area contributed by atoms with Crippen LogP contribution in [-0.4, -0.2) is 50.4 Å². The van der Waals surface area contributed by atoms with Crippen LogP contribution in [0.3, 0.4) is 0 Å². The zero-order valence-corrected chi connectivity index (χ0v) is 15.0. The number of rotatable bonds is 2. The molecular weight excluding hydrogens is 360 g/mol. The van der Waals surface area contributed by atoms with Crippen molar-refractivity contribution in [3.05, 3.63) is 28.3 Å². The number of aryl methyl sites for hydroxylation is 1. The number of carbonyl (C=O) groups is 3. The molecule has 4 rings (SSSR count). The lowest BCUT2D eigenvalue weighted by molar-refractivity contribution is -0.145. The number of carbonyl (C=O) groups excluding carboxylic acids is 3. The van der Waals surface area contributed by atoms with E-state index in [2.05, 4.69) is 10.2 Å². The van der Waals surface area contributed by atoms with Gasteiger partial charge in [0.15, 0.2) is 27.4 Å². The highest BCUT2D eigenvalue weighted by Gasteiger charge is 2.54. The number of esters is 1. The molecule has 2 heterocycles. The van der Waals surface area contributed by atoms with Crippen LogP contribution >= 0.6 is 0 Å². The molecule has 2 aliphatic heterocycles. The van der Waals surface area contributed by atoms with Gasteiger partial charge in [0.1, 0.15) is 6.04 Å². The lowest BCUT2D eigenvalue weighted by Gasteiger charge is -2.27. The molecule has 9 heteroatoms. The van der Waals surface area contributed by atoms with Crippen LogP contribution in [0.25, 0.3) is 0 Å². The number of ketones is 2. The Kier molecular flexibility index (Phi) is 3.62. The van der Waals surface area contributed by atoms with E-state index in [1.54, 1.807) is 13.8 Å². The molecule has 1 aliphatic carbocycles. The van der Waals surface area contributed by atoms with Crippen molar-refractivity contribution in [3.8, 4) is 0 Å². The van der Waals surface area contributed by atoms with Gasteiger partial charge in [0.2, 0.25) is 0 Å². The summed E-state index contributed by atoms with van der Waals surface area (Å²) >= 11 is 0. The van der Waals surface area contributed by atoms with Gasteiger partial charge in [0.05, 0.1) is 23.2 Å². The zero-order chi connectivity index (χ0) is 18.8. The number of azo groups is 1. The van der Waals surface area contributed by atoms with Gasteiger partial charge in [-0.1, -0.05) is 0 Å². The average molecular weight is 376 g/mol. The average Bonchev–Trinajstić information content (AvgIpc) is 3.15. The third-order valence-electron chi connectivity index (χ3n) is 5.10. The number of sulfone groups is 1. The first-order valence-electron chi connectivity index (χ1n) is 8.32. The molecule has 136 valence electrons. The van der Waals surface area contributed by atoms with Gasteiger partial charge in [0, 0.05) is 11.1 Å². The van der Waals surface area contributed by atoms with Gasteiger partial charge in [-0.05, 0) is 37.5 Å². The fourth-order valence-electron chi connectivity index (χ4n) is 4.07. The normalized spacial score (nSPS) is 27.8. The van der Waals surface area contributed by atoms with Crippen molar-refractivity contribution >= 4 is 27.4 Å². The summed E-state index contributed by atoms with van der Waals surface area (Å²) in [5.74, 6) is -2.66. The maximum atomic E-state index is 13.0. The smallest absolute Gasteiger partial charge is 0.333 e. The summed E-state index contributed by atoms with van der Waals surface area (Å²) < 4.78 is 29.5. The van der Waals surface area contributed by atoms with Gasteiger partial charge in [-0.3, -0.25) is 9.59 Å². The molecule has 3 aliphatic rings. The van der Waals surface area contributed by atoms with E-state index >= 15 is 0 Å². The maximum Gasteiger partial charge on any atom is 0.333 e. The van der Waals surface area contributed by atoms with Gasteiger partial charge in [0.25, 0.3) is 0 Å². The number of fused-ring (bicyclic) bond motifs is 4. The lowest BCUT2D eigenvalue weighted by atomic mass is 9.74. The molecule has 0 N–H and O–H groups in total. The first-order valence-corrected chi connectivity index (χ1v) is 9.97. The van der Waals surface area contributed by atoms with E-state index in [1.165, 1.54) is 6.07 Å². The van der Waals surface area contributed by atoms with Crippen LogP contribution in [0.15, 0.2) is 21.2 Å². The van der Waals surface area contributed by atoms with E-state index in [0.29, 0.717) is 11.1 Å². The number of benzene rings is 1. The monoisotopic (exact) mass is 376 g/mol. The van der Waals surface area contributed by atoms with Crippen molar-refractivity contribution in [2.24, 2.45) is 16.1 Å². The Balaban J connectivity index is 1.88. The fraction of sp³-hybridized carbons (Fsp3) is 0.471. The van der Waals surface area contributed by atoms with E-state index in [1.807, 2.05) is 0 Å². The maximum absolute atomic E-state index is 13.0.